The lowest BCUT2D eigenvalue weighted by Crippen LogP contribution is -2.29. The highest BCUT2D eigenvalue weighted by atomic mass is 16.1. The highest BCUT2D eigenvalue weighted by Crippen LogP contribution is 2.23. The van der Waals surface area contributed by atoms with E-state index >= 15 is 0 Å². The van der Waals surface area contributed by atoms with E-state index in [0.717, 1.165) is 11.1 Å². The monoisotopic (exact) mass is 349 g/mol. The van der Waals surface area contributed by atoms with Gasteiger partial charge in [-0.2, -0.15) is 5.10 Å². The Hall–Kier alpha value is -3.02. The molecule has 6 nitrogen and oxygen atoms in total. The Morgan fingerprint density at radius 3 is 2.73 bits per heavy atom. The predicted octanol–water partition coefficient (Wildman–Crippen LogP) is 2.98. The largest absolute Gasteiger partial charge is 0.345 e. The molecule has 1 aromatic carbocycles. The molecule has 2 heterocycles. The fourth-order valence-corrected chi connectivity index (χ4v) is 2.83. The molecule has 0 aliphatic heterocycles. The quantitative estimate of drug-likeness (QED) is 0.712. The fraction of sp³-hybridized carbons (Fsp3) is 0.300. The normalized spacial score (nSPS) is 11.9. The predicted molar refractivity (Wildman–Crippen MR) is 99.4 cm³/mol. The van der Waals surface area contributed by atoms with Crippen LogP contribution in [0.2, 0.25) is 0 Å². The van der Waals surface area contributed by atoms with Crippen LogP contribution in [-0.4, -0.2) is 25.7 Å². The van der Waals surface area contributed by atoms with Gasteiger partial charge in [-0.1, -0.05) is 24.3 Å². The van der Waals surface area contributed by atoms with Gasteiger partial charge in [-0.05, 0) is 48.6 Å². The van der Waals surface area contributed by atoms with Crippen LogP contribution in [0.1, 0.15) is 41.1 Å². The van der Waals surface area contributed by atoms with Crippen molar-refractivity contribution >= 4 is 5.91 Å². The van der Waals surface area contributed by atoms with Crippen LogP contribution in [0.3, 0.4) is 0 Å². The van der Waals surface area contributed by atoms with Crippen LogP contribution in [0, 0.1) is 13.8 Å². The molecule has 0 bridgehead atoms. The molecular formula is C20H23N5O. The van der Waals surface area contributed by atoms with Gasteiger partial charge < -0.3 is 5.32 Å². The molecule has 6 heteroatoms. The van der Waals surface area contributed by atoms with Crippen molar-refractivity contribution in [2.24, 2.45) is 0 Å². The first-order chi connectivity index (χ1) is 12.6. The number of hydrogen-bond acceptors (Lipinski definition) is 4. The van der Waals surface area contributed by atoms with Crippen molar-refractivity contribution in [3.05, 3.63) is 77.6 Å². The van der Waals surface area contributed by atoms with Gasteiger partial charge >= 0.3 is 0 Å². The molecule has 0 saturated heterocycles. The minimum atomic E-state index is -0.207. The summed E-state index contributed by atoms with van der Waals surface area (Å²) < 4.78 is 1.73. The van der Waals surface area contributed by atoms with E-state index in [4.69, 9.17) is 0 Å². The molecule has 0 saturated carbocycles. The molecule has 134 valence electrons. The van der Waals surface area contributed by atoms with Crippen molar-refractivity contribution in [1.29, 1.82) is 0 Å². The Labute approximate surface area is 153 Å². The zero-order valence-electron chi connectivity index (χ0n) is 15.1. The molecule has 0 spiro atoms. The number of carbonyl (C=O) groups is 1. The summed E-state index contributed by atoms with van der Waals surface area (Å²) in [6.45, 7) is 4.84. The number of hydrogen-bond donors (Lipinski definition) is 1. The third-order valence-electron chi connectivity index (χ3n) is 4.45. The standard InChI is InChI=1S/C20H23N5O/c1-15-7-8-17(11-16(15)2)20(18-5-3-9-21-12-18)24-19(26)6-4-10-25-14-22-13-23-25/h3,5,7-9,11-14,20H,4,6,10H2,1-2H3,(H,24,26). The summed E-state index contributed by atoms with van der Waals surface area (Å²) >= 11 is 0. The molecule has 2 aromatic heterocycles. The van der Waals surface area contributed by atoms with E-state index in [1.807, 2.05) is 12.1 Å². The molecule has 0 aliphatic rings. The fourth-order valence-electron chi connectivity index (χ4n) is 2.83. The zero-order chi connectivity index (χ0) is 18.4. The molecule has 0 fully saturated rings. The lowest BCUT2D eigenvalue weighted by molar-refractivity contribution is -0.121. The highest BCUT2D eigenvalue weighted by molar-refractivity contribution is 5.77. The second-order valence-electron chi connectivity index (χ2n) is 6.39. The Bertz CT molecular complexity index is 846. The minimum Gasteiger partial charge on any atom is -0.345 e. The maximum absolute atomic E-state index is 12.5. The first kappa shape index (κ1) is 17.8. The number of amides is 1. The summed E-state index contributed by atoms with van der Waals surface area (Å²) in [7, 11) is 0. The van der Waals surface area contributed by atoms with Gasteiger partial charge in [-0.3, -0.25) is 14.5 Å². The van der Waals surface area contributed by atoms with E-state index in [1.54, 1.807) is 23.4 Å². The summed E-state index contributed by atoms with van der Waals surface area (Å²) in [5, 5.41) is 7.20. The van der Waals surface area contributed by atoms with Crippen molar-refractivity contribution in [1.82, 2.24) is 25.1 Å². The van der Waals surface area contributed by atoms with Gasteiger partial charge in [0.25, 0.3) is 0 Å². The van der Waals surface area contributed by atoms with E-state index in [0.29, 0.717) is 19.4 Å². The molecule has 1 N–H and O–H groups in total. The minimum absolute atomic E-state index is 0.0113. The number of pyridine rings is 1. The van der Waals surface area contributed by atoms with Crippen LogP contribution in [0.25, 0.3) is 0 Å². The molecule has 26 heavy (non-hydrogen) atoms. The van der Waals surface area contributed by atoms with Crippen molar-refractivity contribution < 1.29 is 4.79 Å². The number of nitrogens with zero attached hydrogens (tertiary/aromatic N) is 4. The van der Waals surface area contributed by atoms with Gasteiger partial charge in [0.1, 0.15) is 12.7 Å². The van der Waals surface area contributed by atoms with E-state index in [2.05, 4.69) is 52.4 Å². The number of aryl methyl sites for hydroxylation is 3. The summed E-state index contributed by atoms with van der Waals surface area (Å²) in [6, 6.07) is 9.95. The molecule has 3 rings (SSSR count). The SMILES string of the molecule is Cc1ccc(C(NC(=O)CCCn2cncn2)c2cccnc2)cc1C. The van der Waals surface area contributed by atoms with Crippen molar-refractivity contribution in [3.8, 4) is 0 Å². The molecule has 0 aliphatic carbocycles. The summed E-state index contributed by atoms with van der Waals surface area (Å²) in [4.78, 5) is 20.6. The smallest absolute Gasteiger partial charge is 0.220 e. The van der Waals surface area contributed by atoms with Gasteiger partial charge in [0.15, 0.2) is 0 Å². The number of aromatic nitrogens is 4. The van der Waals surface area contributed by atoms with Gasteiger partial charge in [-0.25, -0.2) is 4.98 Å². The van der Waals surface area contributed by atoms with E-state index in [9.17, 15) is 4.79 Å². The molecular weight excluding hydrogens is 326 g/mol. The summed E-state index contributed by atoms with van der Waals surface area (Å²) in [5.41, 5.74) is 4.47. The van der Waals surface area contributed by atoms with Gasteiger partial charge in [-0.15, -0.1) is 0 Å². The van der Waals surface area contributed by atoms with Gasteiger partial charge in [0.2, 0.25) is 5.91 Å². The second kappa shape index (κ2) is 8.38. The van der Waals surface area contributed by atoms with Gasteiger partial charge in [0, 0.05) is 25.4 Å². The molecule has 1 unspecified atom stereocenters. The van der Waals surface area contributed by atoms with Crippen LogP contribution in [0.4, 0.5) is 0 Å². The van der Waals surface area contributed by atoms with Crippen LogP contribution in [0.5, 0.6) is 0 Å². The Balaban J connectivity index is 1.71. The van der Waals surface area contributed by atoms with Gasteiger partial charge in [0.05, 0.1) is 6.04 Å². The molecule has 3 aromatic rings. The summed E-state index contributed by atoms with van der Waals surface area (Å²) in [5.74, 6) is 0.0113. The zero-order valence-corrected chi connectivity index (χ0v) is 15.1. The number of rotatable bonds is 7. The maximum atomic E-state index is 12.5. The maximum Gasteiger partial charge on any atom is 0.220 e. The van der Waals surface area contributed by atoms with E-state index in [1.165, 1.54) is 17.5 Å². The topological polar surface area (TPSA) is 72.7 Å². The van der Waals surface area contributed by atoms with Crippen molar-refractivity contribution in [2.75, 3.05) is 0 Å². The average Bonchev–Trinajstić information content (AvgIpc) is 3.16. The highest BCUT2D eigenvalue weighted by Gasteiger charge is 2.17. The lowest BCUT2D eigenvalue weighted by Gasteiger charge is -2.20. The van der Waals surface area contributed by atoms with Crippen LogP contribution in [-0.2, 0) is 11.3 Å². The Morgan fingerprint density at radius 2 is 2.04 bits per heavy atom. The first-order valence-electron chi connectivity index (χ1n) is 8.72. The third kappa shape index (κ3) is 4.53. The molecule has 1 amide bonds. The first-order valence-corrected chi connectivity index (χ1v) is 8.72. The van der Waals surface area contributed by atoms with Crippen LogP contribution < -0.4 is 5.32 Å². The van der Waals surface area contributed by atoms with Crippen molar-refractivity contribution in [3.63, 3.8) is 0 Å². The van der Waals surface area contributed by atoms with Crippen molar-refractivity contribution in [2.45, 2.75) is 39.3 Å². The number of nitrogens with one attached hydrogen (secondary N) is 1. The summed E-state index contributed by atoms with van der Waals surface area (Å²) in [6.07, 6.45) is 7.84. The molecule has 0 radical (unpaired) electrons. The second-order valence-corrected chi connectivity index (χ2v) is 6.39. The van der Waals surface area contributed by atoms with E-state index in [-0.39, 0.29) is 11.9 Å². The van der Waals surface area contributed by atoms with Crippen LogP contribution in [0.15, 0.2) is 55.4 Å². The number of benzene rings is 1. The third-order valence-corrected chi connectivity index (χ3v) is 4.45. The lowest BCUT2D eigenvalue weighted by atomic mass is 9.96. The molecule has 1 atom stereocenters. The average molecular weight is 349 g/mol. The number of carbonyl (C=O) groups excluding carboxylic acids is 1. The van der Waals surface area contributed by atoms with Crippen LogP contribution >= 0.6 is 0 Å². The Morgan fingerprint density at radius 1 is 1.15 bits per heavy atom. The van der Waals surface area contributed by atoms with E-state index < -0.39 is 0 Å². The Kier molecular flexibility index (Phi) is 5.73.